The van der Waals surface area contributed by atoms with Gasteiger partial charge in [0.1, 0.15) is 0 Å². The number of hydrogen-bond acceptors (Lipinski definition) is 5. The largest absolute Gasteiger partial charge is 0.416 e. The Labute approximate surface area is 206 Å². The first-order valence-corrected chi connectivity index (χ1v) is 12.7. The summed E-state index contributed by atoms with van der Waals surface area (Å²) >= 11 is 0. The van der Waals surface area contributed by atoms with Gasteiger partial charge < -0.3 is 0 Å². The molecule has 1 aliphatic carbocycles. The number of nitrogens with zero attached hydrogens (tertiary/aromatic N) is 3. The Morgan fingerprint density at radius 1 is 0.944 bits per heavy atom. The van der Waals surface area contributed by atoms with Gasteiger partial charge in [0.15, 0.2) is 0 Å². The average Bonchev–Trinajstić information content (AvgIpc) is 3.27. The van der Waals surface area contributed by atoms with Crippen molar-refractivity contribution in [1.29, 1.82) is 0 Å². The van der Waals surface area contributed by atoms with Gasteiger partial charge in [-0.05, 0) is 78.4 Å². The zero-order valence-corrected chi connectivity index (χ0v) is 19.9. The van der Waals surface area contributed by atoms with Gasteiger partial charge in [-0.1, -0.05) is 18.2 Å². The Morgan fingerprint density at radius 3 is 2.39 bits per heavy atom. The number of aromatic nitrogens is 3. The van der Waals surface area contributed by atoms with Gasteiger partial charge in [-0.2, -0.15) is 13.2 Å². The van der Waals surface area contributed by atoms with Crippen molar-refractivity contribution in [3.63, 3.8) is 0 Å². The summed E-state index contributed by atoms with van der Waals surface area (Å²) < 4.78 is 68.6. The van der Waals surface area contributed by atoms with Gasteiger partial charge in [0, 0.05) is 35.8 Å². The van der Waals surface area contributed by atoms with Crippen LogP contribution < -0.4 is 4.72 Å². The molecule has 1 N–H and O–H groups in total. The van der Waals surface area contributed by atoms with E-state index in [0.29, 0.717) is 24.0 Å². The molecular weight excluding hydrogens is 489 g/mol. The molecule has 0 bridgehead atoms. The first kappa shape index (κ1) is 23.9. The zero-order valence-electron chi connectivity index (χ0n) is 19.1. The van der Waals surface area contributed by atoms with Crippen molar-refractivity contribution in [3.05, 3.63) is 101 Å². The van der Waals surface area contributed by atoms with E-state index in [1.54, 1.807) is 36.5 Å². The van der Waals surface area contributed by atoms with Gasteiger partial charge in [0.2, 0.25) is 5.95 Å². The van der Waals surface area contributed by atoms with E-state index in [1.807, 2.05) is 6.92 Å². The molecule has 1 aliphatic rings. The molecule has 5 rings (SSSR count). The van der Waals surface area contributed by atoms with Crippen LogP contribution in [0.25, 0.3) is 11.1 Å². The van der Waals surface area contributed by atoms with Crippen molar-refractivity contribution in [2.45, 2.75) is 36.8 Å². The molecular formula is C26H21F3N4O2S. The smallest absolute Gasteiger partial charge is 0.261 e. The molecule has 2 aromatic heterocycles. The number of sulfonamides is 1. The fourth-order valence-corrected chi connectivity index (χ4v) is 5.54. The second-order valence-corrected chi connectivity index (χ2v) is 10.3. The highest BCUT2D eigenvalue weighted by Gasteiger charge is 2.33. The maximum absolute atomic E-state index is 13.5. The SMILES string of the molecule is Cc1ccc(-c2cc(C(F)(F)F)ccc2[C@H]2CCc3cc(S(=O)(=O)Nc4ncccn4)ccc32)cn1. The van der Waals surface area contributed by atoms with Gasteiger partial charge in [0.25, 0.3) is 10.0 Å². The molecule has 0 spiro atoms. The van der Waals surface area contributed by atoms with Crippen LogP contribution in [0.1, 0.15) is 40.3 Å². The highest BCUT2D eigenvalue weighted by Crippen LogP contribution is 2.44. The van der Waals surface area contributed by atoms with E-state index in [9.17, 15) is 21.6 Å². The molecule has 0 radical (unpaired) electrons. The predicted molar refractivity (Wildman–Crippen MR) is 129 cm³/mol. The van der Waals surface area contributed by atoms with Crippen LogP contribution in [-0.4, -0.2) is 23.4 Å². The lowest BCUT2D eigenvalue weighted by Gasteiger charge is -2.19. The molecule has 2 heterocycles. The van der Waals surface area contributed by atoms with Gasteiger partial charge in [-0.3, -0.25) is 4.98 Å². The molecule has 184 valence electrons. The van der Waals surface area contributed by atoms with E-state index < -0.39 is 21.8 Å². The molecule has 0 fully saturated rings. The lowest BCUT2D eigenvalue weighted by Crippen LogP contribution is -2.15. The summed E-state index contributed by atoms with van der Waals surface area (Å²) in [6.07, 6.45) is 1.21. The summed E-state index contributed by atoms with van der Waals surface area (Å²) in [5, 5.41) is 0. The van der Waals surface area contributed by atoms with Crippen LogP contribution >= 0.6 is 0 Å². The second-order valence-electron chi connectivity index (χ2n) is 8.62. The van der Waals surface area contributed by atoms with E-state index in [2.05, 4.69) is 19.7 Å². The van der Waals surface area contributed by atoms with Crippen LogP contribution in [0.15, 0.2) is 78.1 Å². The minimum absolute atomic E-state index is 0.0306. The minimum Gasteiger partial charge on any atom is -0.261 e. The fraction of sp³-hybridized carbons (Fsp3) is 0.192. The van der Waals surface area contributed by atoms with Crippen molar-refractivity contribution >= 4 is 16.0 Å². The van der Waals surface area contributed by atoms with E-state index >= 15 is 0 Å². The van der Waals surface area contributed by atoms with Crippen LogP contribution in [0.3, 0.4) is 0 Å². The number of pyridine rings is 1. The summed E-state index contributed by atoms with van der Waals surface area (Å²) in [5.74, 6) is -0.210. The van der Waals surface area contributed by atoms with Crippen LogP contribution in [0.4, 0.5) is 19.1 Å². The highest BCUT2D eigenvalue weighted by molar-refractivity contribution is 7.92. The van der Waals surface area contributed by atoms with Gasteiger partial charge in [-0.25, -0.2) is 23.1 Å². The second kappa shape index (κ2) is 9.02. The van der Waals surface area contributed by atoms with Crippen molar-refractivity contribution in [1.82, 2.24) is 15.0 Å². The van der Waals surface area contributed by atoms with Crippen LogP contribution in [0.2, 0.25) is 0 Å². The zero-order chi connectivity index (χ0) is 25.5. The van der Waals surface area contributed by atoms with Gasteiger partial charge in [0.05, 0.1) is 10.5 Å². The Morgan fingerprint density at radius 2 is 1.69 bits per heavy atom. The van der Waals surface area contributed by atoms with Crippen molar-refractivity contribution < 1.29 is 21.6 Å². The molecule has 4 aromatic rings. The van der Waals surface area contributed by atoms with E-state index in [4.69, 9.17) is 0 Å². The average molecular weight is 511 g/mol. The standard InChI is InChI=1S/C26H21F3N4O2S/c1-16-3-4-18(15-32-16)24-14-19(26(27,28)29)6-9-23(24)22-8-5-17-13-20(7-10-21(17)22)36(34,35)33-25-30-11-2-12-31-25/h2-4,6-7,9-15,22H,5,8H2,1H3,(H,30,31,33)/t22-/m0/s1. The number of fused-ring (bicyclic) bond motifs is 1. The minimum atomic E-state index is -4.47. The predicted octanol–water partition coefficient (Wildman–Crippen LogP) is 5.74. The van der Waals surface area contributed by atoms with Crippen molar-refractivity contribution in [2.24, 2.45) is 0 Å². The third kappa shape index (κ3) is 4.68. The summed E-state index contributed by atoms with van der Waals surface area (Å²) in [6.45, 7) is 1.81. The number of benzene rings is 2. The molecule has 6 nitrogen and oxygen atoms in total. The van der Waals surface area contributed by atoms with Gasteiger partial charge in [-0.15, -0.1) is 0 Å². The molecule has 0 aliphatic heterocycles. The van der Waals surface area contributed by atoms with Crippen LogP contribution in [0.5, 0.6) is 0 Å². The third-order valence-electron chi connectivity index (χ3n) is 6.27. The third-order valence-corrected chi connectivity index (χ3v) is 7.60. The Bertz CT molecular complexity index is 1520. The Hall–Kier alpha value is -3.79. The van der Waals surface area contributed by atoms with Crippen LogP contribution in [-0.2, 0) is 22.6 Å². The van der Waals surface area contributed by atoms with E-state index in [1.165, 1.54) is 30.6 Å². The number of aryl methyl sites for hydroxylation is 2. The normalized spacial score (nSPS) is 15.5. The summed E-state index contributed by atoms with van der Waals surface area (Å²) in [4.78, 5) is 12.1. The molecule has 2 aromatic carbocycles. The van der Waals surface area contributed by atoms with E-state index in [-0.39, 0.29) is 16.8 Å². The first-order valence-electron chi connectivity index (χ1n) is 11.2. The fourth-order valence-electron chi connectivity index (χ4n) is 4.53. The van der Waals surface area contributed by atoms with Crippen LogP contribution in [0, 0.1) is 6.92 Å². The Kier molecular flexibility index (Phi) is 5.99. The number of anilines is 1. The van der Waals surface area contributed by atoms with Crippen molar-refractivity contribution in [2.75, 3.05) is 4.72 Å². The summed E-state index contributed by atoms with van der Waals surface area (Å²) in [6, 6.07) is 13.8. The number of rotatable bonds is 5. The van der Waals surface area contributed by atoms with Gasteiger partial charge >= 0.3 is 6.18 Å². The lowest BCUT2D eigenvalue weighted by molar-refractivity contribution is -0.137. The molecule has 0 saturated heterocycles. The topological polar surface area (TPSA) is 84.8 Å². The lowest BCUT2D eigenvalue weighted by atomic mass is 9.86. The number of hydrogen-bond donors (Lipinski definition) is 1. The molecule has 0 amide bonds. The summed E-state index contributed by atoms with van der Waals surface area (Å²) in [5.41, 5.74) is 3.59. The first-order chi connectivity index (χ1) is 17.1. The number of halogens is 3. The highest BCUT2D eigenvalue weighted by atomic mass is 32.2. The van der Waals surface area contributed by atoms with Crippen molar-refractivity contribution in [3.8, 4) is 11.1 Å². The molecule has 0 unspecified atom stereocenters. The molecule has 10 heteroatoms. The Balaban J connectivity index is 1.53. The monoisotopic (exact) mass is 510 g/mol. The summed E-state index contributed by atoms with van der Waals surface area (Å²) in [7, 11) is -3.90. The number of nitrogens with one attached hydrogen (secondary N) is 1. The quantitative estimate of drug-likeness (QED) is 0.370. The maximum Gasteiger partial charge on any atom is 0.416 e. The molecule has 0 saturated carbocycles. The van der Waals surface area contributed by atoms with E-state index in [0.717, 1.165) is 28.5 Å². The molecule has 1 atom stereocenters. The number of alkyl halides is 3. The molecule has 36 heavy (non-hydrogen) atoms. The maximum atomic E-state index is 13.5.